The summed E-state index contributed by atoms with van der Waals surface area (Å²) in [6, 6.07) is 17.8. The van der Waals surface area contributed by atoms with E-state index in [-0.39, 0.29) is 24.0 Å². The third-order valence-corrected chi connectivity index (χ3v) is 4.70. The SMILES string of the molecule is CN=C(NCc1nccn1Cc1ccccc1)N(C)CCOc1cccc(Cl)c1.I. The zero-order chi connectivity index (χ0) is 20.5. The largest absolute Gasteiger partial charge is 0.492 e. The van der Waals surface area contributed by atoms with E-state index in [2.05, 4.69) is 32.0 Å². The van der Waals surface area contributed by atoms with Crippen molar-refractivity contribution in [2.24, 2.45) is 4.99 Å². The molecule has 1 N–H and O–H groups in total. The summed E-state index contributed by atoms with van der Waals surface area (Å²) in [6.07, 6.45) is 3.82. The molecule has 0 radical (unpaired) electrons. The summed E-state index contributed by atoms with van der Waals surface area (Å²) in [5.74, 6) is 2.50. The Balaban J connectivity index is 0.00000320. The first-order chi connectivity index (χ1) is 14.2. The molecule has 0 spiro atoms. The monoisotopic (exact) mass is 539 g/mol. The van der Waals surface area contributed by atoms with Crippen molar-refractivity contribution in [3.63, 3.8) is 0 Å². The molecule has 0 aliphatic heterocycles. The fraction of sp³-hybridized carbons (Fsp3) is 0.273. The molecule has 0 saturated carbocycles. The molecule has 1 aromatic heterocycles. The minimum absolute atomic E-state index is 0. The number of halogens is 2. The van der Waals surface area contributed by atoms with Crippen LogP contribution >= 0.6 is 35.6 Å². The zero-order valence-electron chi connectivity index (χ0n) is 17.2. The van der Waals surface area contributed by atoms with E-state index in [9.17, 15) is 0 Å². The lowest BCUT2D eigenvalue weighted by molar-refractivity contribution is 0.281. The van der Waals surface area contributed by atoms with Gasteiger partial charge in [0.2, 0.25) is 0 Å². The highest BCUT2D eigenvalue weighted by atomic mass is 127. The van der Waals surface area contributed by atoms with Crippen LogP contribution in [-0.2, 0) is 13.1 Å². The number of ether oxygens (including phenoxy) is 1. The molecule has 8 heteroatoms. The molecule has 30 heavy (non-hydrogen) atoms. The molecule has 6 nitrogen and oxygen atoms in total. The van der Waals surface area contributed by atoms with Gasteiger partial charge in [0.25, 0.3) is 0 Å². The fourth-order valence-corrected chi connectivity index (χ4v) is 3.12. The second-order valence-electron chi connectivity index (χ2n) is 6.59. The number of guanidine groups is 1. The molecular formula is C22H27ClIN5O. The Hall–Kier alpha value is -2.26. The van der Waals surface area contributed by atoms with E-state index in [4.69, 9.17) is 16.3 Å². The first kappa shape index (κ1) is 24.0. The van der Waals surface area contributed by atoms with E-state index in [0.29, 0.717) is 24.7 Å². The van der Waals surface area contributed by atoms with Crippen molar-refractivity contribution in [2.45, 2.75) is 13.1 Å². The number of aliphatic imine (C=N–C) groups is 1. The van der Waals surface area contributed by atoms with Gasteiger partial charge in [-0.15, -0.1) is 24.0 Å². The minimum Gasteiger partial charge on any atom is -0.492 e. The van der Waals surface area contributed by atoms with Gasteiger partial charge in [0.15, 0.2) is 5.96 Å². The molecule has 0 atom stereocenters. The van der Waals surface area contributed by atoms with E-state index in [1.54, 1.807) is 13.1 Å². The third-order valence-electron chi connectivity index (χ3n) is 4.47. The van der Waals surface area contributed by atoms with Crippen molar-refractivity contribution in [2.75, 3.05) is 27.2 Å². The predicted octanol–water partition coefficient (Wildman–Crippen LogP) is 4.29. The lowest BCUT2D eigenvalue weighted by atomic mass is 10.2. The average molecular weight is 540 g/mol. The van der Waals surface area contributed by atoms with Crippen LogP contribution in [0.4, 0.5) is 0 Å². The van der Waals surface area contributed by atoms with Crippen LogP contribution in [-0.4, -0.2) is 47.7 Å². The molecule has 0 aliphatic rings. The molecule has 0 saturated heterocycles. The highest BCUT2D eigenvalue weighted by Crippen LogP contribution is 2.16. The van der Waals surface area contributed by atoms with E-state index >= 15 is 0 Å². The van der Waals surface area contributed by atoms with Crippen LogP contribution in [0.2, 0.25) is 5.02 Å². The normalized spacial score (nSPS) is 11.0. The average Bonchev–Trinajstić information content (AvgIpc) is 3.16. The van der Waals surface area contributed by atoms with E-state index in [1.165, 1.54) is 5.56 Å². The molecule has 0 amide bonds. The van der Waals surface area contributed by atoms with Crippen molar-refractivity contribution in [1.29, 1.82) is 0 Å². The number of rotatable bonds is 8. The first-order valence-electron chi connectivity index (χ1n) is 9.50. The number of imidazole rings is 1. The highest BCUT2D eigenvalue weighted by Gasteiger charge is 2.09. The van der Waals surface area contributed by atoms with Crippen LogP contribution in [0.5, 0.6) is 5.75 Å². The molecule has 0 fully saturated rings. The molecule has 2 aromatic carbocycles. The van der Waals surface area contributed by atoms with Crippen molar-refractivity contribution >= 4 is 41.5 Å². The Morgan fingerprint density at radius 2 is 2.00 bits per heavy atom. The van der Waals surface area contributed by atoms with Gasteiger partial charge in [0, 0.05) is 38.1 Å². The van der Waals surface area contributed by atoms with Crippen LogP contribution in [0.25, 0.3) is 0 Å². The summed E-state index contributed by atoms with van der Waals surface area (Å²) >= 11 is 5.99. The maximum Gasteiger partial charge on any atom is 0.193 e. The summed E-state index contributed by atoms with van der Waals surface area (Å²) in [4.78, 5) is 10.9. The number of benzene rings is 2. The van der Waals surface area contributed by atoms with Crippen LogP contribution in [0, 0.1) is 0 Å². The van der Waals surface area contributed by atoms with Crippen molar-refractivity contribution in [3.05, 3.63) is 83.4 Å². The van der Waals surface area contributed by atoms with Gasteiger partial charge in [-0.25, -0.2) is 4.98 Å². The second-order valence-corrected chi connectivity index (χ2v) is 7.02. The topological polar surface area (TPSA) is 54.7 Å². The molecule has 0 aliphatic carbocycles. The number of nitrogens with one attached hydrogen (secondary N) is 1. The van der Waals surface area contributed by atoms with E-state index in [0.717, 1.165) is 24.1 Å². The fourth-order valence-electron chi connectivity index (χ4n) is 2.94. The molecule has 3 rings (SSSR count). The second kappa shape index (κ2) is 12.4. The smallest absolute Gasteiger partial charge is 0.193 e. The van der Waals surface area contributed by atoms with Crippen molar-refractivity contribution in [3.8, 4) is 5.75 Å². The Bertz CT molecular complexity index is 932. The molecule has 0 bridgehead atoms. The maximum atomic E-state index is 5.99. The Morgan fingerprint density at radius 3 is 2.73 bits per heavy atom. The van der Waals surface area contributed by atoms with Crippen LogP contribution in [0.1, 0.15) is 11.4 Å². The number of hydrogen-bond donors (Lipinski definition) is 1. The standard InChI is InChI=1S/C22H26ClN5O.HI/c1-24-22(27(2)13-14-29-20-10-6-9-19(23)15-20)26-16-21-25-11-12-28(21)17-18-7-4-3-5-8-18;/h3-12,15H,13-14,16-17H2,1-2H3,(H,24,26);1H. The van der Waals surface area contributed by atoms with Crippen LogP contribution < -0.4 is 10.1 Å². The van der Waals surface area contributed by atoms with Crippen molar-refractivity contribution < 1.29 is 4.74 Å². The Kier molecular flexibility index (Phi) is 9.96. The lowest BCUT2D eigenvalue weighted by Gasteiger charge is -2.22. The Labute approximate surface area is 200 Å². The zero-order valence-corrected chi connectivity index (χ0v) is 20.2. The lowest BCUT2D eigenvalue weighted by Crippen LogP contribution is -2.40. The predicted molar refractivity (Wildman–Crippen MR) is 133 cm³/mol. The number of hydrogen-bond acceptors (Lipinski definition) is 3. The first-order valence-corrected chi connectivity index (χ1v) is 9.87. The molecule has 3 aromatic rings. The van der Waals surface area contributed by atoms with Gasteiger partial charge in [-0.2, -0.15) is 0 Å². The number of likely N-dealkylation sites (N-methyl/N-ethyl adjacent to an activating group) is 1. The number of aromatic nitrogens is 2. The summed E-state index contributed by atoms with van der Waals surface area (Å²) in [7, 11) is 3.75. The molecule has 160 valence electrons. The van der Waals surface area contributed by atoms with Gasteiger partial charge in [-0.3, -0.25) is 4.99 Å². The van der Waals surface area contributed by atoms with Gasteiger partial charge >= 0.3 is 0 Å². The van der Waals surface area contributed by atoms with Gasteiger partial charge in [-0.1, -0.05) is 48.0 Å². The van der Waals surface area contributed by atoms with Crippen LogP contribution in [0.15, 0.2) is 72.0 Å². The van der Waals surface area contributed by atoms with E-state index < -0.39 is 0 Å². The van der Waals surface area contributed by atoms with E-state index in [1.807, 2.05) is 60.7 Å². The summed E-state index contributed by atoms with van der Waals surface area (Å²) in [5.41, 5.74) is 1.24. The van der Waals surface area contributed by atoms with Crippen LogP contribution in [0.3, 0.4) is 0 Å². The van der Waals surface area contributed by atoms with Gasteiger partial charge in [0.05, 0.1) is 13.1 Å². The van der Waals surface area contributed by atoms with Gasteiger partial charge in [0.1, 0.15) is 18.2 Å². The minimum atomic E-state index is 0. The van der Waals surface area contributed by atoms with Crippen molar-refractivity contribution in [1.82, 2.24) is 19.8 Å². The highest BCUT2D eigenvalue weighted by molar-refractivity contribution is 14.0. The van der Waals surface area contributed by atoms with Gasteiger partial charge in [-0.05, 0) is 23.8 Å². The molecular weight excluding hydrogens is 513 g/mol. The molecule has 0 unspecified atom stereocenters. The summed E-state index contributed by atoms with van der Waals surface area (Å²) < 4.78 is 7.90. The maximum absolute atomic E-state index is 5.99. The summed E-state index contributed by atoms with van der Waals surface area (Å²) in [5, 5.41) is 4.04. The number of nitrogens with zero attached hydrogens (tertiary/aromatic N) is 4. The Morgan fingerprint density at radius 1 is 1.20 bits per heavy atom. The quantitative estimate of drug-likeness (QED) is 0.264. The summed E-state index contributed by atoms with van der Waals surface area (Å²) in [6.45, 7) is 2.59. The van der Waals surface area contributed by atoms with Gasteiger partial charge < -0.3 is 19.5 Å². The third kappa shape index (κ3) is 7.21. The molecule has 1 heterocycles.